The predicted octanol–water partition coefficient (Wildman–Crippen LogP) is 3.49. The SMILES string of the molecule is Fc1cccc2c(Nc3ccc(Cl)nc3)n[nH]c12. The van der Waals surface area contributed by atoms with Crippen LogP contribution in [0.4, 0.5) is 15.9 Å². The van der Waals surface area contributed by atoms with Crippen LogP contribution in [0, 0.1) is 5.82 Å². The molecule has 2 heterocycles. The number of para-hydroxylation sites is 1. The van der Waals surface area contributed by atoms with Crippen LogP contribution in [0.5, 0.6) is 0 Å². The van der Waals surface area contributed by atoms with Crippen LogP contribution in [0.15, 0.2) is 36.5 Å². The standard InChI is InChI=1S/C12H8ClFN4/c13-10-5-4-7(6-15-10)16-12-8-2-1-3-9(14)11(8)17-18-12/h1-6H,(H2,16,17,18). The number of hydrogen-bond acceptors (Lipinski definition) is 3. The number of nitrogens with one attached hydrogen (secondary N) is 2. The summed E-state index contributed by atoms with van der Waals surface area (Å²) in [6.45, 7) is 0. The highest BCUT2D eigenvalue weighted by atomic mass is 35.5. The summed E-state index contributed by atoms with van der Waals surface area (Å²) in [5.41, 5.74) is 1.11. The quantitative estimate of drug-likeness (QED) is 0.695. The number of aromatic nitrogens is 3. The second-order valence-corrected chi connectivity index (χ2v) is 4.12. The average molecular weight is 263 g/mol. The summed E-state index contributed by atoms with van der Waals surface area (Å²) in [7, 11) is 0. The Bertz CT molecular complexity index is 693. The number of hydrogen-bond donors (Lipinski definition) is 2. The number of rotatable bonds is 2. The van der Waals surface area contributed by atoms with Crippen LogP contribution in [-0.2, 0) is 0 Å². The number of H-pyrrole nitrogens is 1. The predicted molar refractivity (Wildman–Crippen MR) is 68.6 cm³/mol. The van der Waals surface area contributed by atoms with E-state index in [4.69, 9.17) is 11.6 Å². The molecular weight excluding hydrogens is 255 g/mol. The maximum Gasteiger partial charge on any atom is 0.160 e. The molecule has 0 radical (unpaired) electrons. The van der Waals surface area contributed by atoms with Crippen LogP contribution in [0.2, 0.25) is 5.15 Å². The fourth-order valence-electron chi connectivity index (χ4n) is 1.69. The lowest BCUT2D eigenvalue weighted by Crippen LogP contribution is -1.91. The molecule has 0 aliphatic heterocycles. The smallest absolute Gasteiger partial charge is 0.160 e. The van der Waals surface area contributed by atoms with Crippen molar-refractivity contribution in [2.75, 3.05) is 5.32 Å². The normalized spacial score (nSPS) is 10.8. The van der Waals surface area contributed by atoms with E-state index in [2.05, 4.69) is 20.5 Å². The largest absolute Gasteiger partial charge is 0.337 e. The van der Waals surface area contributed by atoms with E-state index in [0.717, 1.165) is 5.69 Å². The van der Waals surface area contributed by atoms with Gasteiger partial charge in [0.05, 0.1) is 11.9 Å². The first kappa shape index (κ1) is 11.0. The Morgan fingerprint density at radius 2 is 2.11 bits per heavy atom. The Balaban J connectivity index is 2.00. The van der Waals surface area contributed by atoms with E-state index in [-0.39, 0.29) is 5.82 Å². The first-order chi connectivity index (χ1) is 8.74. The zero-order chi connectivity index (χ0) is 12.5. The van der Waals surface area contributed by atoms with Gasteiger partial charge in [-0.1, -0.05) is 17.7 Å². The summed E-state index contributed by atoms with van der Waals surface area (Å²) in [6.07, 6.45) is 1.59. The minimum atomic E-state index is -0.331. The van der Waals surface area contributed by atoms with E-state index in [9.17, 15) is 4.39 Å². The molecule has 18 heavy (non-hydrogen) atoms. The second kappa shape index (κ2) is 4.27. The topological polar surface area (TPSA) is 53.6 Å². The maximum atomic E-state index is 13.5. The van der Waals surface area contributed by atoms with Gasteiger partial charge < -0.3 is 5.32 Å². The monoisotopic (exact) mass is 262 g/mol. The van der Waals surface area contributed by atoms with E-state index < -0.39 is 0 Å². The van der Waals surface area contributed by atoms with E-state index in [1.807, 2.05) is 0 Å². The fraction of sp³-hybridized carbons (Fsp3) is 0. The van der Waals surface area contributed by atoms with Crippen molar-refractivity contribution in [1.82, 2.24) is 15.2 Å². The van der Waals surface area contributed by atoms with Gasteiger partial charge in [-0.3, -0.25) is 5.10 Å². The third-order valence-electron chi connectivity index (χ3n) is 2.54. The molecule has 0 aliphatic rings. The van der Waals surface area contributed by atoms with Crippen molar-refractivity contribution < 1.29 is 4.39 Å². The average Bonchev–Trinajstić information content (AvgIpc) is 2.77. The Labute approximate surface area is 107 Å². The molecule has 0 bridgehead atoms. The molecule has 0 amide bonds. The van der Waals surface area contributed by atoms with Crippen LogP contribution in [0.3, 0.4) is 0 Å². The number of benzene rings is 1. The third kappa shape index (κ3) is 1.89. The van der Waals surface area contributed by atoms with Gasteiger partial charge in [-0.25, -0.2) is 9.37 Å². The van der Waals surface area contributed by atoms with E-state index >= 15 is 0 Å². The lowest BCUT2D eigenvalue weighted by atomic mass is 10.2. The van der Waals surface area contributed by atoms with Crippen molar-refractivity contribution >= 4 is 34.0 Å². The molecular formula is C12H8ClFN4. The first-order valence-electron chi connectivity index (χ1n) is 5.25. The third-order valence-corrected chi connectivity index (χ3v) is 2.76. The van der Waals surface area contributed by atoms with Gasteiger partial charge in [0.15, 0.2) is 5.82 Å². The van der Waals surface area contributed by atoms with Gasteiger partial charge in [0.2, 0.25) is 0 Å². The van der Waals surface area contributed by atoms with Crippen molar-refractivity contribution in [3.8, 4) is 0 Å². The summed E-state index contributed by atoms with van der Waals surface area (Å²) in [6, 6.07) is 8.24. The van der Waals surface area contributed by atoms with E-state index in [0.29, 0.717) is 21.9 Å². The molecule has 90 valence electrons. The van der Waals surface area contributed by atoms with E-state index in [1.54, 1.807) is 30.5 Å². The van der Waals surface area contributed by atoms with Gasteiger partial charge in [0.1, 0.15) is 16.5 Å². The fourth-order valence-corrected chi connectivity index (χ4v) is 1.80. The Morgan fingerprint density at radius 1 is 1.22 bits per heavy atom. The number of fused-ring (bicyclic) bond motifs is 1. The summed E-state index contributed by atoms with van der Waals surface area (Å²) >= 11 is 5.70. The summed E-state index contributed by atoms with van der Waals surface area (Å²) in [5, 5.41) is 10.8. The highest BCUT2D eigenvalue weighted by Crippen LogP contribution is 2.25. The molecule has 6 heteroatoms. The maximum absolute atomic E-state index is 13.5. The molecule has 3 rings (SSSR count). The zero-order valence-corrected chi connectivity index (χ0v) is 9.87. The number of nitrogens with zero attached hydrogens (tertiary/aromatic N) is 2. The lowest BCUT2D eigenvalue weighted by molar-refractivity contribution is 0.636. The number of anilines is 2. The van der Waals surface area contributed by atoms with Gasteiger partial charge in [-0.15, -0.1) is 0 Å². The van der Waals surface area contributed by atoms with Gasteiger partial charge >= 0.3 is 0 Å². The van der Waals surface area contributed by atoms with E-state index in [1.165, 1.54) is 6.07 Å². The molecule has 0 fully saturated rings. The Morgan fingerprint density at radius 3 is 2.89 bits per heavy atom. The van der Waals surface area contributed by atoms with Crippen LogP contribution >= 0.6 is 11.6 Å². The number of halogens is 2. The summed E-state index contributed by atoms with van der Waals surface area (Å²) < 4.78 is 13.5. The summed E-state index contributed by atoms with van der Waals surface area (Å²) in [4.78, 5) is 3.95. The summed E-state index contributed by atoms with van der Waals surface area (Å²) in [5.74, 6) is 0.218. The molecule has 0 atom stereocenters. The van der Waals surface area contributed by atoms with Crippen LogP contribution in [0.1, 0.15) is 0 Å². The molecule has 1 aromatic carbocycles. The first-order valence-corrected chi connectivity index (χ1v) is 5.63. The molecule has 2 N–H and O–H groups in total. The van der Waals surface area contributed by atoms with Crippen molar-refractivity contribution in [2.45, 2.75) is 0 Å². The van der Waals surface area contributed by atoms with Crippen molar-refractivity contribution in [3.63, 3.8) is 0 Å². The number of aromatic amines is 1. The second-order valence-electron chi connectivity index (χ2n) is 3.73. The highest BCUT2D eigenvalue weighted by Gasteiger charge is 2.08. The van der Waals surface area contributed by atoms with Gasteiger partial charge in [-0.05, 0) is 24.3 Å². The highest BCUT2D eigenvalue weighted by molar-refractivity contribution is 6.29. The molecule has 0 saturated carbocycles. The molecule has 0 aliphatic carbocycles. The number of pyridine rings is 1. The van der Waals surface area contributed by atoms with Crippen LogP contribution in [0.25, 0.3) is 10.9 Å². The van der Waals surface area contributed by atoms with Crippen LogP contribution < -0.4 is 5.32 Å². The molecule has 4 nitrogen and oxygen atoms in total. The van der Waals surface area contributed by atoms with Gasteiger partial charge in [0.25, 0.3) is 0 Å². The zero-order valence-electron chi connectivity index (χ0n) is 9.11. The minimum absolute atomic E-state index is 0.331. The van der Waals surface area contributed by atoms with Crippen molar-refractivity contribution in [1.29, 1.82) is 0 Å². The molecule has 0 saturated heterocycles. The van der Waals surface area contributed by atoms with Crippen molar-refractivity contribution in [2.24, 2.45) is 0 Å². The Kier molecular flexibility index (Phi) is 2.60. The molecule has 0 spiro atoms. The Hall–Kier alpha value is -2.14. The minimum Gasteiger partial charge on any atom is -0.337 e. The van der Waals surface area contributed by atoms with Gasteiger partial charge in [0, 0.05) is 5.39 Å². The van der Waals surface area contributed by atoms with Gasteiger partial charge in [-0.2, -0.15) is 5.10 Å². The lowest BCUT2D eigenvalue weighted by Gasteiger charge is -2.02. The molecule has 3 aromatic rings. The van der Waals surface area contributed by atoms with Crippen LogP contribution in [-0.4, -0.2) is 15.2 Å². The molecule has 0 unspecified atom stereocenters. The van der Waals surface area contributed by atoms with Crippen molar-refractivity contribution in [3.05, 3.63) is 47.5 Å². The molecule has 2 aromatic heterocycles.